The Balaban J connectivity index is 2.02. The first-order chi connectivity index (χ1) is 11.2. The Hall–Kier alpha value is -3.09. The van der Waals surface area contributed by atoms with Crippen LogP contribution in [0.1, 0.15) is 5.56 Å². The highest BCUT2D eigenvalue weighted by molar-refractivity contribution is 6.01. The fraction of sp³-hybridized carbons (Fsp3) is 0.188. The molecule has 0 atom stereocenters. The van der Waals surface area contributed by atoms with E-state index in [1.165, 1.54) is 25.6 Å². The van der Waals surface area contributed by atoms with Gasteiger partial charge in [-0.15, -0.1) is 0 Å². The van der Waals surface area contributed by atoms with Crippen molar-refractivity contribution in [2.24, 2.45) is 0 Å². The summed E-state index contributed by atoms with van der Waals surface area (Å²) in [6.07, 6.45) is 6.01. The zero-order chi connectivity index (χ0) is 16.7. The van der Waals surface area contributed by atoms with E-state index in [2.05, 4.69) is 15.3 Å². The molecule has 0 bridgehead atoms. The van der Waals surface area contributed by atoms with Crippen LogP contribution in [0.3, 0.4) is 0 Å². The van der Waals surface area contributed by atoms with E-state index >= 15 is 0 Å². The van der Waals surface area contributed by atoms with Gasteiger partial charge in [0.25, 0.3) is 0 Å². The predicted octanol–water partition coefficient (Wildman–Crippen LogP) is 2.15. The minimum absolute atomic E-state index is 0.240. The summed E-state index contributed by atoms with van der Waals surface area (Å²) >= 11 is 0. The van der Waals surface area contributed by atoms with E-state index in [0.717, 1.165) is 5.56 Å². The Kier molecular flexibility index (Phi) is 5.51. The van der Waals surface area contributed by atoms with Crippen molar-refractivity contribution >= 4 is 17.7 Å². The summed E-state index contributed by atoms with van der Waals surface area (Å²) in [7, 11) is 4.60. The second-order valence-corrected chi connectivity index (χ2v) is 4.40. The van der Waals surface area contributed by atoms with Gasteiger partial charge in [-0.25, -0.2) is 9.97 Å². The van der Waals surface area contributed by atoms with Crippen molar-refractivity contribution in [1.82, 2.24) is 9.97 Å². The summed E-state index contributed by atoms with van der Waals surface area (Å²) in [5.41, 5.74) is 1.29. The number of carbonyl (C=O) groups is 1. The van der Waals surface area contributed by atoms with E-state index in [-0.39, 0.29) is 11.9 Å². The zero-order valence-corrected chi connectivity index (χ0v) is 13.1. The number of hydrogen-bond donors (Lipinski definition) is 1. The molecule has 0 saturated carbocycles. The quantitative estimate of drug-likeness (QED) is 0.823. The van der Waals surface area contributed by atoms with Crippen molar-refractivity contribution in [3.63, 3.8) is 0 Å². The standard InChI is InChI=1S/C16H17N3O4/c1-21-13-6-4-11(8-14(13)22-2)5-7-15(20)19-12-9-17-16(23-3)18-10-12/h4-10H,1-3H3,(H,19,20)/b7-5+. The number of ether oxygens (including phenoxy) is 3. The Morgan fingerprint density at radius 1 is 1.04 bits per heavy atom. The van der Waals surface area contributed by atoms with Gasteiger partial charge in [0.15, 0.2) is 11.5 Å². The van der Waals surface area contributed by atoms with Gasteiger partial charge >= 0.3 is 6.01 Å². The Labute approximate surface area is 133 Å². The lowest BCUT2D eigenvalue weighted by Gasteiger charge is -2.07. The Bertz CT molecular complexity index is 699. The van der Waals surface area contributed by atoms with Crippen LogP contribution in [0.25, 0.3) is 6.08 Å². The molecule has 1 amide bonds. The van der Waals surface area contributed by atoms with Gasteiger partial charge in [-0.2, -0.15) is 0 Å². The lowest BCUT2D eigenvalue weighted by atomic mass is 10.2. The van der Waals surface area contributed by atoms with Crippen LogP contribution in [0.15, 0.2) is 36.7 Å². The van der Waals surface area contributed by atoms with Crippen LogP contribution in [0, 0.1) is 0 Å². The first kappa shape index (κ1) is 16.3. The average molecular weight is 315 g/mol. The summed E-state index contributed by atoms with van der Waals surface area (Å²) in [4.78, 5) is 19.7. The minimum Gasteiger partial charge on any atom is -0.493 e. The van der Waals surface area contributed by atoms with Crippen molar-refractivity contribution in [2.45, 2.75) is 0 Å². The molecular weight excluding hydrogens is 298 g/mol. The fourth-order valence-corrected chi connectivity index (χ4v) is 1.80. The van der Waals surface area contributed by atoms with E-state index in [1.54, 1.807) is 32.4 Å². The van der Waals surface area contributed by atoms with Gasteiger partial charge in [0, 0.05) is 6.08 Å². The highest BCUT2D eigenvalue weighted by atomic mass is 16.5. The normalized spacial score (nSPS) is 10.4. The molecule has 0 aliphatic heterocycles. The number of nitrogens with one attached hydrogen (secondary N) is 1. The molecule has 0 spiro atoms. The number of methoxy groups -OCH3 is 3. The molecule has 7 nitrogen and oxygen atoms in total. The van der Waals surface area contributed by atoms with Crippen LogP contribution < -0.4 is 19.5 Å². The van der Waals surface area contributed by atoms with Gasteiger partial charge < -0.3 is 19.5 Å². The maximum Gasteiger partial charge on any atom is 0.316 e. The molecule has 23 heavy (non-hydrogen) atoms. The Morgan fingerprint density at radius 3 is 2.35 bits per heavy atom. The largest absolute Gasteiger partial charge is 0.493 e. The maximum atomic E-state index is 11.9. The molecule has 0 unspecified atom stereocenters. The maximum absolute atomic E-state index is 11.9. The zero-order valence-electron chi connectivity index (χ0n) is 13.1. The molecule has 2 aromatic rings. The second kappa shape index (κ2) is 7.79. The van der Waals surface area contributed by atoms with Crippen LogP contribution in [0.4, 0.5) is 5.69 Å². The van der Waals surface area contributed by atoms with Crippen molar-refractivity contribution in [2.75, 3.05) is 26.6 Å². The third-order valence-electron chi connectivity index (χ3n) is 2.91. The van der Waals surface area contributed by atoms with Crippen LogP contribution in [-0.2, 0) is 4.79 Å². The number of carbonyl (C=O) groups excluding carboxylic acids is 1. The first-order valence-corrected chi connectivity index (χ1v) is 6.73. The lowest BCUT2D eigenvalue weighted by molar-refractivity contribution is -0.111. The van der Waals surface area contributed by atoms with Gasteiger partial charge in [0.2, 0.25) is 5.91 Å². The number of amides is 1. The molecule has 2 rings (SSSR count). The number of nitrogens with zero attached hydrogens (tertiary/aromatic N) is 2. The van der Waals surface area contributed by atoms with Crippen LogP contribution >= 0.6 is 0 Å². The molecule has 0 saturated heterocycles. The van der Waals surface area contributed by atoms with Crippen molar-refractivity contribution in [1.29, 1.82) is 0 Å². The summed E-state index contributed by atoms with van der Waals surface area (Å²) in [6.45, 7) is 0. The van der Waals surface area contributed by atoms with Crippen LogP contribution in [0.2, 0.25) is 0 Å². The number of anilines is 1. The van der Waals surface area contributed by atoms with Gasteiger partial charge in [-0.1, -0.05) is 6.07 Å². The van der Waals surface area contributed by atoms with Crippen LogP contribution in [-0.4, -0.2) is 37.2 Å². The summed E-state index contributed by atoms with van der Waals surface area (Å²) in [5.74, 6) is 0.927. The first-order valence-electron chi connectivity index (χ1n) is 6.73. The van der Waals surface area contributed by atoms with Crippen molar-refractivity contribution < 1.29 is 19.0 Å². The third kappa shape index (κ3) is 4.44. The molecule has 0 fully saturated rings. The third-order valence-corrected chi connectivity index (χ3v) is 2.91. The summed E-state index contributed by atoms with van der Waals surface area (Å²) in [6, 6.07) is 5.61. The minimum atomic E-state index is -0.298. The molecule has 1 aromatic heterocycles. The highest BCUT2D eigenvalue weighted by Gasteiger charge is 2.04. The fourth-order valence-electron chi connectivity index (χ4n) is 1.80. The smallest absolute Gasteiger partial charge is 0.316 e. The molecule has 120 valence electrons. The van der Waals surface area contributed by atoms with Gasteiger partial charge in [0.1, 0.15) is 0 Å². The predicted molar refractivity (Wildman–Crippen MR) is 85.8 cm³/mol. The van der Waals surface area contributed by atoms with E-state index in [0.29, 0.717) is 17.2 Å². The lowest BCUT2D eigenvalue weighted by Crippen LogP contribution is -2.08. The molecule has 1 aromatic carbocycles. The molecule has 1 heterocycles. The number of hydrogen-bond acceptors (Lipinski definition) is 6. The van der Waals surface area contributed by atoms with Crippen molar-refractivity contribution in [3.05, 3.63) is 42.2 Å². The molecule has 0 aliphatic carbocycles. The molecule has 0 radical (unpaired) electrons. The van der Waals surface area contributed by atoms with Crippen molar-refractivity contribution in [3.8, 4) is 17.5 Å². The topological polar surface area (TPSA) is 82.6 Å². The Morgan fingerprint density at radius 2 is 1.74 bits per heavy atom. The van der Waals surface area contributed by atoms with E-state index < -0.39 is 0 Å². The molecule has 0 aliphatic rings. The summed E-state index contributed by atoms with van der Waals surface area (Å²) in [5, 5.41) is 2.65. The molecule has 7 heteroatoms. The highest BCUT2D eigenvalue weighted by Crippen LogP contribution is 2.27. The van der Waals surface area contributed by atoms with Crippen LogP contribution in [0.5, 0.6) is 17.5 Å². The monoisotopic (exact) mass is 315 g/mol. The SMILES string of the molecule is COc1ncc(NC(=O)/C=C/c2ccc(OC)c(OC)c2)cn1. The second-order valence-electron chi connectivity index (χ2n) is 4.40. The molecular formula is C16H17N3O4. The van der Waals surface area contributed by atoms with Gasteiger partial charge in [0.05, 0.1) is 39.4 Å². The number of benzene rings is 1. The molecule has 1 N–H and O–H groups in total. The average Bonchev–Trinajstić information content (AvgIpc) is 2.60. The summed E-state index contributed by atoms with van der Waals surface area (Å²) < 4.78 is 15.2. The number of rotatable bonds is 6. The van der Waals surface area contributed by atoms with E-state index in [9.17, 15) is 4.79 Å². The number of aromatic nitrogens is 2. The van der Waals surface area contributed by atoms with Gasteiger partial charge in [-0.05, 0) is 23.8 Å². The van der Waals surface area contributed by atoms with E-state index in [1.807, 2.05) is 6.07 Å². The van der Waals surface area contributed by atoms with E-state index in [4.69, 9.17) is 14.2 Å². The van der Waals surface area contributed by atoms with Gasteiger partial charge in [-0.3, -0.25) is 4.79 Å².